The minimum Gasteiger partial charge on any atom is -0.493 e. The lowest BCUT2D eigenvalue weighted by Gasteiger charge is -2.10. The van der Waals surface area contributed by atoms with Gasteiger partial charge in [-0.05, 0) is 31.2 Å². The molecule has 3 rings (SSSR count). The van der Waals surface area contributed by atoms with Crippen LogP contribution in [0.5, 0.6) is 5.75 Å². The number of hydrogen-bond donors (Lipinski definition) is 2. The van der Waals surface area contributed by atoms with Gasteiger partial charge in [0.2, 0.25) is 5.91 Å². The van der Waals surface area contributed by atoms with Crippen LogP contribution < -0.4 is 15.4 Å². The molecule has 0 fully saturated rings. The van der Waals surface area contributed by atoms with Gasteiger partial charge in [0.1, 0.15) is 5.75 Å². The van der Waals surface area contributed by atoms with Gasteiger partial charge in [-0.3, -0.25) is 14.0 Å². The molecule has 0 unspecified atom stereocenters. The molecule has 1 aromatic carbocycles. The maximum atomic E-state index is 12.3. The van der Waals surface area contributed by atoms with Crippen molar-refractivity contribution in [1.29, 1.82) is 0 Å². The summed E-state index contributed by atoms with van der Waals surface area (Å²) < 4.78 is 7.21. The van der Waals surface area contributed by atoms with Crippen molar-refractivity contribution >= 4 is 17.5 Å². The van der Waals surface area contributed by atoms with Gasteiger partial charge < -0.3 is 15.4 Å². The highest BCUT2D eigenvalue weighted by Crippen LogP contribution is 2.17. The van der Waals surface area contributed by atoms with Crippen molar-refractivity contribution in [2.45, 2.75) is 13.5 Å². The molecular formula is C18H19N5O3. The van der Waals surface area contributed by atoms with Gasteiger partial charge in [0.15, 0.2) is 11.5 Å². The number of aromatic nitrogens is 3. The fourth-order valence-corrected chi connectivity index (χ4v) is 2.44. The van der Waals surface area contributed by atoms with Crippen LogP contribution in [-0.4, -0.2) is 39.6 Å². The van der Waals surface area contributed by atoms with E-state index < -0.39 is 0 Å². The smallest absolute Gasteiger partial charge is 0.255 e. The molecule has 0 bridgehead atoms. The number of amides is 2. The third kappa shape index (κ3) is 3.97. The van der Waals surface area contributed by atoms with E-state index in [-0.39, 0.29) is 24.9 Å². The van der Waals surface area contributed by atoms with Gasteiger partial charge in [0.05, 0.1) is 25.3 Å². The summed E-state index contributed by atoms with van der Waals surface area (Å²) >= 11 is 0. The average Bonchev–Trinajstić information content (AvgIpc) is 3.08. The number of fused-ring (bicyclic) bond motifs is 1. The Hall–Kier alpha value is -3.42. The van der Waals surface area contributed by atoms with E-state index in [2.05, 4.69) is 20.8 Å². The fraction of sp³-hybridized carbons (Fsp3) is 0.222. The highest BCUT2D eigenvalue weighted by molar-refractivity contribution is 5.98. The third-order valence-electron chi connectivity index (χ3n) is 3.67. The lowest BCUT2D eigenvalue weighted by molar-refractivity contribution is -0.120. The first kappa shape index (κ1) is 17.4. The monoisotopic (exact) mass is 353 g/mol. The zero-order chi connectivity index (χ0) is 18.4. The Bertz CT molecular complexity index is 922. The Morgan fingerprint density at radius 1 is 1.08 bits per heavy atom. The highest BCUT2D eigenvalue weighted by atomic mass is 16.5. The molecule has 0 saturated carbocycles. The third-order valence-corrected chi connectivity index (χ3v) is 3.67. The van der Waals surface area contributed by atoms with Crippen LogP contribution in [0, 0.1) is 0 Å². The number of benzene rings is 1. The second kappa shape index (κ2) is 8.11. The molecule has 0 saturated heterocycles. The Labute approximate surface area is 150 Å². The van der Waals surface area contributed by atoms with Gasteiger partial charge in [0, 0.05) is 6.20 Å². The van der Waals surface area contributed by atoms with Crippen molar-refractivity contribution in [3.63, 3.8) is 0 Å². The normalized spacial score (nSPS) is 10.5. The first-order valence-electron chi connectivity index (χ1n) is 8.24. The molecule has 0 aliphatic carbocycles. The number of ether oxygens (including phenoxy) is 1. The van der Waals surface area contributed by atoms with Gasteiger partial charge >= 0.3 is 0 Å². The molecule has 0 atom stereocenters. The number of nitrogens with one attached hydrogen (secondary N) is 2. The maximum Gasteiger partial charge on any atom is 0.255 e. The second-order valence-electron chi connectivity index (χ2n) is 5.43. The van der Waals surface area contributed by atoms with E-state index in [1.807, 2.05) is 31.3 Å². The highest BCUT2D eigenvalue weighted by Gasteiger charge is 2.13. The molecule has 8 nitrogen and oxygen atoms in total. The Morgan fingerprint density at radius 2 is 1.88 bits per heavy atom. The number of hydrogen-bond acceptors (Lipinski definition) is 5. The van der Waals surface area contributed by atoms with Crippen LogP contribution in [0.25, 0.3) is 5.65 Å². The van der Waals surface area contributed by atoms with Gasteiger partial charge in [-0.15, -0.1) is 10.2 Å². The summed E-state index contributed by atoms with van der Waals surface area (Å²) in [6, 6.07) is 12.5. The van der Waals surface area contributed by atoms with Crippen molar-refractivity contribution in [1.82, 2.24) is 25.2 Å². The van der Waals surface area contributed by atoms with Gasteiger partial charge in [-0.25, -0.2) is 0 Å². The van der Waals surface area contributed by atoms with E-state index in [1.54, 1.807) is 28.7 Å². The molecule has 134 valence electrons. The van der Waals surface area contributed by atoms with Gasteiger partial charge in [-0.2, -0.15) is 0 Å². The molecule has 0 spiro atoms. The molecule has 0 aliphatic rings. The molecule has 0 aliphatic heterocycles. The lowest BCUT2D eigenvalue weighted by atomic mass is 10.2. The second-order valence-corrected chi connectivity index (χ2v) is 5.43. The summed E-state index contributed by atoms with van der Waals surface area (Å²) in [5.74, 6) is 0.418. The molecule has 2 amide bonds. The van der Waals surface area contributed by atoms with Crippen LogP contribution in [0.15, 0.2) is 48.7 Å². The predicted molar refractivity (Wildman–Crippen MR) is 94.8 cm³/mol. The Balaban J connectivity index is 1.53. The van der Waals surface area contributed by atoms with E-state index in [1.165, 1.54) is 0 Å². The number of rotatable bonds is 7. The van der Waals surface area contributed by atoms with E-state index in [0.29, 0.717) is 29.4 Å². The minimum atomic E-state index is -0.364. The molecule has 2 heterocycles. The molecule has 3 aromatic rings. The topological polar surface area (TPSA) is 97.6 Å². The molecule has 8 heteroatoms. The minimum absolute atomic E-state index is 0.143. The van der Waals surface area contributed by atoms with Crippen LogP contribution in [0.2, 0.25) is 0 Å². The van der Waals surface area contributed by atoms with Crippen LogP contribution in [0.4, 0.5) is 0 Å². The maximum absolute atomic E-state index is 12.3. The van der Waals surface area contributed by atoms with Crippen molar-refractivity contribution in [3.8, 4) is 5.75 Å². The van der Waals surface area contributed by atoms with Crippen molar-refractivity contribution in [2.75, 3.05) is 13.2 Å². The number of para-hydroxylation sites is 1. The number of nitrogens with zero attached hydrogens (tertiary/aromatic N) is 3. The Kier molecular flexibility index (Phi) is 5.43. The predicted octanol–water partition coefficient (Wildman–Crippen LogP) is 1.17. The Morgan fingerprint density at radius 3 is 2.73 bits per heavy atom. The lowest BCUT2D eigenvalue weighted by Crippen LogP contribution is -2.37. The van der Waals surface area contributed by atoms with E-state index in [9.17, 15) is 9.59 Å². The SMILES string of the molecule is CCOc1ccccc1C(=O)NCC(=O)NCc1nnc2ccccn12. The number of carbonyl (C=O) groups excluding carboxylic acids is 2. The molecule has 2 aromatic heterocycles. The van der Waals surface area contributed by atoms with Crippen molar-refractivity contribution in [3.05, 3.63) is 60.0 Å². The first-order valence-corrected chi connectivity index (χ1v) is 8.24. The summed E-state index contributed by atoms with van der Waals surface area (Å²) in [6.45, 7) is 2.37. The van der Waals surface area contributed by atoms with Gasteiger partial charge in [-0.1, -0.05) is 18.2 Å². The fourth-order valence-electron chi connectivity index (χ4n) is 2.44. The van der Waals surface area contributed by atoms with Crippen LogP contribution in [0.3, 0.4) is 0 Å². The molecule has 26 heavy (non-hydrogen) atoms. The first-order chi connectivity index (χ1) is 12.7. The zero-order valence-electron chi connectivity index (χ0n) is 14.3. The zero-order valence-corrected chi connectivity index (χ0v) is 14.3. The average molecular weight is 353 g/mol. The van der Waals surface area contributed by atoms with E-state index in [0.717, 1.165) is 0 Å². The summed E-state index contributed by atoms with van der Waals surface area (Å²) in [6.07, 6.45) is 1.82. The van der Waals surface area contributed by atoms with Crippen LogP contribution in [-0.2, 0) is 11.3 Å². The number of pyridine rings is 1. The summed E-state index contributed by atoms with van der Waals surface area (Å²) in [5.41, 5.74) is 1.10. The molecular weight excluding hydrogens is 334 g/mol. The largest absolute Gasteiger partial charge is 0.493 e. The van der Waals surface area contributed by atoms with Crippen molar-refractivity contribution in [2.24, 2.45) is 0 Å². The standard InChI is InChI=1S/C18H19N5O3/c1-2-26-14-8-4-3-7-13(14)18(25)20-12-17(24)19-11-16-22-21-15-9-5-6-10-23(15)16/h3-10H,2,11-12H2,1H3,(H,19,24)(H,20,25). The van der Waals surface area contributed by atoms with Crippen molar-refractivity contribution < 1.29 is 14.3 Å². The van der Waals surface area contributed by atoms with E-state index >= 15 is 0 Å². The number of carbonyl (C=O) groups is 2. The van der Waals surface area contributed by atoms with Gasteiger partial charge in [0.25, 0.3) is 5.91 Å². The van der Waals surface area contributed by atoms with Crippen LogP contribution in [0.1, 0.15) is 23.1 Å². The van der Waals surface area contributed by atoms with E-state index in [4.69, 9.17) is 4.74 Å². The van der Waals surface area contributed by atoms with Crippen LogP contribution >= 0.6 is 0 Å². The quantitative estimate of drug-likeness (QED) is 0.665. The molecule has 2 N–H and O–H groups in total. The molecule has 0 radical (unpaired) electrons. The summed E-state index contributed by atoms with van der Waals surface area (Å²) in [5, 5.41) is 13.4. The summed E-state index contributed by atoms with van der Waals surface area (Å²) in [4.78, 5) is 24.3. The summed E-state index contributed by atoms with van der Waals surface area (Å²) in [7, 11) is 0.